The van der Waals surface area contributed by atoms with Crippen molar-refractivity contribution in [3.05, 3.63) is 23.9 Å². The maximum Gasteiger partial charge on any atom is 0.214 e. The third kappa shape index (κ3) is 2.50. The molecule has 1 aromatic heterocycles. The van der Waals surface area contributed by atoms with Crippen LogP contribution in [0.1, 0.15) is 31.2 Å². The highest BCUT2D eigenvalue weighted by Crippen LogP contribution is 2.21. The Bertz CT molecular complexity index is 399. The van der Waals surface area contributed by atoms with Gasteiger partial charge >= 0.3 is 0 Å². The molecule has 0 bridgehead atoms. The van der Waals surface area contributed by atoms with Gasteiger partial charge in [-0.2, -0.15) is 5.26 Å². The predicted molar refractivity (Wildman–Crippen MR) is 59.8 cm³/mol. The minimum absolute atomic E-state index is 0.0372. The summed E-state index contributed by atoms with van der Waals surface area (Å²) in [5, 5.41) is 8.76. The van der Waals surface area contributed by atoms with Gasteiger partial charge in [-0.05, 0) is 25.3 Å². The molecular formula is C12H15N3O. The minimum Gasteiger partial charge on any atom is -0.473 e. The van der Waals surface area contributed by atoms with Crippen LogP contribution in [0.4, 0.5) is 0 Å². The van der Waals surface area contributed by atoms with Crippen molar-refractivity contribution in [3.8, 4) is 11.9 Å². The van der Waals surface area contributed by atoms with Crippen molar-refractivity contribution in [2.75, 3.05) is 0 Å². The first-order chi connectivity index (χ1) is 7.79. The van der Waals surface area contributed by atoms with Crippen LogP contribution in [-0.4, -0.2) is 17.1 Å². The lowest BCUT2D eigenvalue weighted by Gasteiger charge is -2.28. The van der Waals surface area contributed by atoms with Crippen molar-refractivity contribution in [3.63, 3.8) is 0 Å². The number of ether oxygens (including phenoxy) is 1. The van der Waals surface area contributed by atoms with E-state index in [2.05, 4.69) is 11.1 Å². The normalized spacial score (nSPS) is 24.8. The molecular weight excluding hydrogens is 202 g/mol. The van der Waals surface area contributed by atoms with Crippen LogP contribution in [0.15, 0.2) is 18.3 Å². The van der Waals surface area contributed by atoms with E-state index in [0.29, 0.717) is 11.4 Å². The first kappa shape index (κ1) is 10.9. The van der Waals surface area contributed by atoms with Gasteiger partial charge in [0.15, 0.2) is 0 Å². The molecule has 0 spiro atoms. The van der Waals surface area contributed by atoms with Gasteiger partial charge in [0.2, 0.25) is 5.88 Å². The van der Waals surface area contributed by atoms with Gasteiger partial charge in [-0.1, -0.05) is 6.42 Å². The fraction of sp³-hybridized carbons (Fsp3) is 0.500. The number of hydrogen-bond donors (Lipinski definition) is 1. The lowest BCUT2D eigenvalue weighted by atomic mass is 9.93. The zero-order chi connectivity index (χ0) is 11.4. The number of hydrogen-bond acceptors (Lipinski definition) is 4. The molecule has 2 N–H and O–H groups in total. The molecule has 1 heterocycles. The molecule has 16 heavy (non-hydrogen) atoms. The van der Waals surface area contributed by atoms with E-state index in [4.69, 9.17) is 15.7 Å². The lowest BCUT2D eigenvalue weighted by molar-refractivity contribution is 0.127. The average Bonchev–Trinajstić information content (AvgIpc) is 2.32. The van der Waals surface area contributed by atoms with Gasteiger partial charge in [0.25, 0.3) is 0 Å². The molecule has 0 radical (unpaired) electrons. The monoisotopic (exact) mass is 217 g/mol. The van der Waals surface area contributed by atoms with Crippen LogP contribution in [0, 0.1) is 11.3 Å². The first-order valence-electron chi connectivity index (χ1n) is 5.58. The van der Waals surface area contributed by atoms with E-state index in [1.165, 1.54) is 6.42 Å². The number of rotatable bonds is 2. The first-order valence-corrected chi connectivity index (χ1v) is 5.58. The Kier molecular flexibility index (Phi) is 3.37. The van der Waals surface area contributed by atoms with Crippen molar-refractivity contribution in [2.24, 2.45) is 5.73 Å². The van der Waals surface area contributed by atoms with E-state index in [-0.39, 0.29) is 12.1 Å². The smallest absolute Gasteiger partial charge is 0.214 e. The van der Waals surface area contributed by atoms with Crippen LogP contribution in [0.2, 0.25) is 0 Å². The van der Waals surface area contributed by atoms with Crippen LogP contribution in [0.5, 0.6) is 5.88 Å². The second kappa shape index (κ2) is 4.95. The van der Waals surface area contributed by atoms with E-state index in [0.717, 1.165) is 19.3 Å². The summed E-state index contributed by atoms with van der Waals surface area (Å²) in [7, 11) is 0. The Morgan fingerprint density at radius 1 is 1.44 bits per heavy atom. The van der Waals surface area contributed by atoms with Crippen LogP contribution in [0.3, 0.4) is 0 Å². The maximum absolute atomic E-state index is 8.76. The molecule has 84 valence electrons. The van der Waals surface area contributed by atoms with Gasteiger partial charge in [0.05, 0.1) is 11.6 Å². The van der Waals surface area contributed by atoms with Crippen LogP contribution < -0.4 is 10.5 Å². The second-order valence-corrected chi connectivity index (χ2v) is 4.10. The quantitative estimate of drug-likeness (QED) is 0.816. The Labute approximate surface area is 95.0 Å². The predicted octanol–water partition coefficient (Wildman–Crippen LogP) is 1.60. The Morgan fingerprint density at radius 2 is 2.25 bits per heavy atom. The standard InChI is InChI=1S/C12H15N3O/c13-8-9-5-6-15-12(7-9)16-11-4-2-1-3-10(11)14/h5-7,10-11H,1-4,14H2. The molecule has 0 aromatic carbocycles. The van der Waals surface area contributed by atoms with E-state index in [1.54, 1.807) is 18.3 Å². The molecule has 2 rings (SSSR count). The molecule has 1 aliphatic rings. The van der Waals surface area contributed by atoms with Crippen molar-refractivity contribution in [2.45, 2.75) is 37.8 Å². The number of nitrogens with zero attached hydrogens (tertiary/aromatic N) is 2. The van der Waals surface area contributed by atoms with Gasteiger partial charge in [-0.15, -0.1) is 0 Å². The molecule has 1 fully saturated rings. The summed E-state index contributed by atoms with van der Waals surface area (Å²) >= 11 is 0. The van der Waals surface area contributed by atoms with Crippen LogP contribution in [-0.2, 0) is 0 Å². The summed E-state index contributed by atoms with van der Waals surface area (Å²) in [5.41, 5.74) is 6.54. The van der Waals surface area contributed by atoms with Gasteiger partial charge in [-0.25, -0.2) is 4.98 Å². The molecule has 0 amide bonds. The van der Waals surface area contributed by atoms with E-state index in [1.807, 2.05) is 0 Å². The van der Waals surface area contributed by atoms with Gasteiger partial charge in [-0.3, -0.25) is 0 Å². The number of nitrogens with two attached hydrogens (primary N) is 1. The molecule has 2 unspecified atom stereocenters. The van der Waals surface area contributed by atoms with Crippen molar-refractivity contribution in [1.82, 2.24) is 4.98 Å². The molecule has 4 nitrogen and oxygen atoms in total. The van der Waals surface area contributed by atoms with Gasteiger partial charge in [0, 0.05) is 18.3 Å². The van der Waals surface area contributed by atoms with E-state index in [9.17, 15) is 0 Å². The molecule has 0 saturated heterocycles. The summed E-state index contributed by atoms with van der Waals surface area (Å²) in [4.78, 5) is 4.09. The summed E-state index contributed by atoms with van der Waals surface area (Å²) in [6.07, 6.45) is 5.92. The van der Waals surface area contributed by atoms with Gasteiger partial charge in [0.1, 0.15) is 6.10 Å². The molecule has 1 aromatic rings. The fourth-order valence-electron chi connectivity index (χ4n) is 1.97. The zero-order valence-electron chi connectivity index (χ0n) is 9.10. The fourth-order valence-corrected chi connectivity index (χ4v) is 1.97. The van der Waals surface area contributed by atoms with E-state index < -0.39 is 0 Å². The third-order valence-corrected chi connectivity index (χ3v) is 2.89. The zero-order valence-corrected chi connectivity index (χ0v) is 9.10. The van der Waals surface area contributed by atoms with Crippen LogP contribution >= 0.6 is 0 Å². The average molecular weight is 217 g/mol. The highest BCUT2D eigenvalue weighted by atomic mass is 16.5. The number of aromatic nitrogens is 1. The number of pyridine rings is 1. The summed E-state index contributed by atoms with van der Waals surface area (Å²) in [6, 6.07) is 5.46. The summed E-state index contributed by atoms with van der Waals surface area (Å²) < 4.78 is 5.72. The Morgan fingerprint density at radius 3 is 3.00 bits per heavy atom. The Balaban J connectivity index is 2.05. The van der Waals surface area contributed by atoms with Crippen molar-refractivity contribution >= 4 is 0 Å². The molecule has 2 atom stereocenters. The molecule has 0 aliphatic heterocycles. The minimum atomic E-state index is 0.0372. The van der Waals surface area contributed by atoms with Crippen molar-refractivity contribution < 1.29 is 4.74 Å². The van der Waals surface area contributed by atoms with Crippen LogP contribution in [0.25, 0.3) is 0 Å². The highest BCUT2D eigenvalue weighted by Gasteiger charge is 2.23. The summed E-state index contributed by atoms with van der Waals surface area (Å²) in [6.45, 7) is 0. The Hall–Kier alpha value is -1.60. The molecule has 1 saturated carbocycles. The number of nitriles is 1. The van der Waals surface area contributed by atoms with E-state index >= 15 is 0 Å². The summed E-state index contributed by atoms with van der Waals surface area (Å²) in [5.74, 6) is 0.501. The third-order valence-electron chi connectivity index (χ3n) is 2.89. The SMILES string of the molecule is N#Cc1ccnc(OC2CCCCC2N)c1. The lowest BCUT2D eigenvalue weighted by Crippen LogP contribution is -2.41. The molecule has 1 aliphatic carbocycles. The molecule has 4 heteroatoms. The van der Waals surface area contributed by atoms with Crippen molar-refractivity contribution in [1.29, 1.82) is 5.26 Å². The van der Waals surface area contributed by atoms with Gasteiger partial charge < -0.3 is 10.5 Å². The maximum atomic E-state index is 8.76. The second-order valence-electron chi connectivity index (χ2n) is 4.10. The highest BCUT2D eigenvalue weighted by molar-refractivity contribution is 5.31. The largest absolute Gasteiger partial charge is 0.473 e. The topological polar surface area (TPSA) is 71.9 Å².